The maximum Gasteiger partial charge on any atom is 0.137 e. The highest BCUT2D eigenvalue weighted by Crippen LogP contribution is 2.48. The Morgan fingerprint density at radius 3 is 2.10 bits per heavy atom. The Bertz CT molecular complexity index is 680. The molecule has 1 saturated carbocycles. The van der Waals surface area contributed by atoms with Gasteiger partial charge in [0.25, 0.3) is 0 Å². The normalized spacial score (nSPS) is 27.7. The van der Waals surface area contributed by atoms with Gasteiger partial charge in [-0.15, -0.1) is 11.5 Å². The summed E-state index contributed by atoms with van der Waals surface area (Å²) in [5, 5.41) is 11.3. The van der Waals surface area contributed by atoms with Gasteiger partial charge in [0.15, 0.2) is 0 Å². The fourth-order valence-corrected chi connectivity index (χ4v) is 7.96. The van der Waals surface area contributed by atoms with Crippen molar-refractivity contribution in [2.75, 3.05) is 13.1 Å². The smallest absolute Gasteiger partial charge is 0.137 e. The Morgan fingerprint density at radius 1 is 0.966 bits per heavy atom. The van der Waals surface area contributed by atoms with E-state index in [1.54, 1.807) is 0 Å². The third kappa shape index (κ3) is 4.98. The summed E-state index contributed by atoms with van der Waals surface area (Å²) in [5.41, 5.74) is 4.82. The molecule has 2 nitrogen and oxygen atoms in total. The molecule has 0 atom stereocenters. The van der Waals surface area contributed by atoms with Crippen LogP contribution in [0.5, 0.6) is 0 Å². The first-order valence-corrected chi connectivity index (χ1v) is 14.7. The molecule has 3 heteroatoms. The van der Waals surface area contributed by atoms with Gasteiger partial charge in [0.1, 0.15) is 8.07 Å². The topological polar surface area (TPSA) is 23.5 Å². The van der Waals surface area contributed by atoms with Gasteiger partial charge in [-0.25, -0.2) is 0 Å². The van der Waals surface area contributed by atoms with Crippen LogP contribution in [-0.4, -0.2) is 36.8 Å². The highest BCUT2D eigenvalue weighted by Gasteiger charge is 2.47. The lowest BCUT2D eigenvalue weighted by Crippen LogP contribution is -2.56. The van der Waals surface area contributed by atoms with Gasteiger partial charge in [-0.3, -0.25) is 4.90 Å². The highest BCUT2D eigenvalue weighted by atomic mass is 28.3. The van der Waals surface area contributed by atoms with E-state index < -0.39 is 13.7 Å². The van der Waals surface area contributed by atoms with E-state index in [-0.39, 0.29) is 5.54 Å². The number of rotatable bonds is 8. The number of benzene rings is 1. The highest BCUT2D eigenvalue weighted by molar-refractivity contribution is 6.87. The molecular weight excluding hydrogens is 370 g/mol. The molecule has 1 saturated heterocycles. The van der Waals surface area contributed by atoms with Crippen molar-refractivity contribution in [1.29, 1.82) is 0 Å². The zero-order chi connectivity index (χ0) is 20.8. The predicted molar refractivity (Wildman–Crippen MR) is 127 cm³/mol. The summed E-state index contributed by atoms with van der Waals surface area (Å²) in [6.45, 7) is 9.36. The van der Waals surface area contributed by atoms with Crippen LogP contribution in [0.25, 0.3) is 0 Å². The van der Waals surface area contributed by atoms with Crippen LogP contribution >= 0.6 is 0 Å². The summed E-state index contributed by atoms with van der Waals surface area (Å²) in [4.78, 5) is 2.66. The van der Waals surface area contributed by atoms with E-state index in [1.807, 2.05) is 0 Å². The molecule has 0 aromatic heterocycles. The van der Waals surface area contributed by atoms with E-state index in [0.717, 1.165) is 44.9 Å². The van der Waals surface area contributed by atoms with Crippen molar-refractivity contribution in [3.63, 3.8) is 0 Å². The summed E-state index contributed by atoms with van der Waals surface area (Å²) < 4.78 is 0. The minimum absolute atomic E-state index is 0.153. The lowest BCUT2D eigenvalue weighted by molar-refractivity contribution is -0.0802. The molecule has 3 rings (SSSR count). The van der Waals surface area contributed by atoms with Gasteiger partial charge < -0.3 is 5.11 Å². The van der Waals surface area contributed by atoms with Crippen LogP contribution in [0.1, 0.15) is 77.7 Å². The monoisotopic (exact) mass is 411 g/mol. The number of unbranched alkanes of at least 4 members (excludes halogenated alkanes) is 1. The molecule has 0 unspecified atom stereocenters. The largest absolute Gasteiger partial charge is 0.390 e. The summed E-state index contributed by atoms with van der Waals surface area (Å²) >= 11 is 0. The second-order valence-electron chi connectivity index (χ2n) is 9.46. The fraction of sp³-hybridized carbons (Fsp3) is 0.692. The molecule has 29 heavy (non-hydrogen) atoms. The Labute approximate surface area is 180 Å². The molecule has 1 aromatic carbocycles. The Morgan fingerprint density at radius 2 is 1.59 bits per heavy atom. The minimum Gasteiger partial charge on any atom is -0.390 e. The lowest BCUT2D eigenvalue weighted by atomic mass is 9.68. The maximum absolute atomic E-state index is 11.3. The van der Waals surface area contributed by atoms with Crippen LogP contribution in [0.4, 0.5) is 0 Å². The molecule has 0 radical (unpaired) electrons. The van der Waals surface area contributed by atoms with Crippen LogP contribution in [0.3, 0.4) is 0 Å². The van der Waals surface area contributed by atoms with Gasteiger partial charge in [-0.1, -0.05) is 51.1 Å². The molecule has 2 aliphatic rings. The molecule has 0 amide bonds. The standard InChI is InChI=1S/C26H41NOSi/c1-4-29(5-2,6-3)23-12-8-11-16-25(28)17-19-26(20-18-25,27-21-13-22-27)24-14-9-7-10-15-24/h7,9-10,14-15,28H,4-6,8,11,13,16-22H2,1-3H3. The van der Waals surface area contributed by atoms with Crippen molar-refractivity contribution in [2.24, 2.45) is 0 Å². The Kier molecular flexibility index (Phi) is 7.65. The number of nitrogens with zero attached hydrogens (tertiary/aromatic N) is 1. The van der Waals surface area contributed by atoms with Gasteiger partial charge in [0.05, 0.1) is 5.60 Å². The van der Waals surface area contributed by atoms with Crippen molar-refractivity contribution in [1.82, 2.24) is 4.90 Å². The van der Waals surface area contributed by atoms with Crippen molar-refractivity contribution >= 4 is 8.07 Å². The van der Waals surface area contributed by atoms with Gasteiger partial charge in [-0.2, -0.15) is 0 Å². The SMILES string of the molecule is CC[Si](C#CCCCC1(O)CCC(c2ccccc2)(N2CCC2)CC1)(CC)CC. The number of aliphatic hydroxyl groups is 1. The van der Waals surface area contributed by atoms with Gasteiger partial charge >= 0.3 is 0 Å². The predicted octanol–water partition coefficient (Wildman–Crippen LogP) is 6.11. The van der Waals surface area contributed by atoms with Crippen LogP contribution in [-0.2, 0) is 5.54 Å². The van der Waals surface area contributed by atoms with Crippen molar-refractivity contribution < 1.29 is 5.11 Å². The summed E-state index contributed by atoms with van der Waals surface area (Å²) in [7, 11) is -1.32. The minimum atomic E-state index is -1.32. The van der Waals surface area contributed by atoms with Gasteiger partial charge in [0, 0.05) is 25.0 Å². The van der Waals surface area contributed by atoms with Crippen molar-refractivity contribution in [3.05, 3.63) is 35.9 Å². The van der Waals surface area contributed by atoms with Gasteiger partial charge in [0.2, 0.25) is 0 Å². The molecule has 1 aliphatic carbocycles. The van der Waals surface area contributed by atoms with E-state index in [4.69, 9.17) is 0 Å². The molecule has 1 aliphatic heterocycles. The number of hydrogen-bond donors (Lipinski definition) is 1. The fourth-order valence-electron chi connectivity index (χ4n) is 5.43. The zero-order valence-electron chi connectivity index (χ0n) is 19.0. The zero-order valence-corrected chi connectivity index (χ0v) is 20.0. The lowest BCUT2D eigenvalue weighted by Gasteiger charge is -2.54. The average Bonchev–Trinajstić information content (AvgIpc) is 2.72. The van der Waals surface area contributed by atoms with E-state index in [0.29, 0.717) is 0 Å². The third-order valence-corrected chi connectivity index (χ3v) is 12.9. The van der Waals surface area contributed by atoms with E-state index in [2.05, 4.69) is 67.5 Å². The molecule has 1 N–H and O–H groups in total. The molecule has 1 heterocycles. The van der Waals surface area contributed by atoms with Crippen LogP contribution in [0.15, 0.2) is 30.3 Å². The molecular formula is C26H41NOSi. The molecule has 0 bridgehead atoms. The maximum atomic E-state index is 11.3. The van der Waals surface area contributed by atoms with E-state index in [9.17, 15) is 5.11 Å². The van der Waals surface area contributed by atoms with Crippen LogP contribution in [0.2, 0.25) is 18.1 Å². The first kappa shape index (κ1) is 22.6. The summed E-state index contributed by atoms with van der Waals surface area (Å²) in [6.07, 6.45) is 8.21. The third-order valence-electron chi connectivity index (χ3n) is 8.11. The Balaban J connectivity index is 1.56. The quantitative estimate of drug-likeness (QED) is 0.317. The first-order valence-electron chi connectivity index (χ1n) is 12.0. The van der Waals surface area contributed by atoms with Crippen molar-refractivity contribution in [3.8, 4) is 11.5 Å². The molecule has 1 aromatic rings. The second-order valence-corrected chi connectivity index (χ2v) is 14.4. The van der Waals surface area contributed by atoms with Crippen LogP contribution < -0.4 is 0 Å². The van der Waals surface area contributed by atoms with Crippen molar-refractivity contribution in [2.45, 2.75) is 101 Å². The Hall–Kier alpha value is -1.08. The summed E-state index contributed by atoms with van der Waals surface area (Å²) in [6, 6.07) is 14.9. The van der Waals surface area contributed by atoms with Crippen LogP contribution in [0, 0.1) is 11.5 Å². The number of likely N-dealkylation sites (tertiary alicyclic amines) is 1. The molecule has 0 spiro atoms. The average molecular weight is 412 g/mol. The molecule has 160 valence electrons. The summed E-state index contributed by atoms with van der Waals surface area (Å²) in [5.74, 6) is 3.51. The van der Waals surface area contributed by atoms with E-state index in [1.165, 1.54) is 43.2 Å². The second kappa shape index (κ2) is 9.82. The number of hydrogen-bond acceptors (Lipinski definition) is 2. The molecule has 2 fully saturated rings. The van der Waals surface area contributed by atoms with Gasteiger partial charge in [-0.05, 0) is 68.6 Å². The first-order chi connectivity index (χ1) is 14.0. The van der Waals surface area contributed by atoms with E-state index >= 15 is 0 Å².